The minimum Gasteiger partial charge on any atom is -0.493 e. The van der Waals surface area contributed by atoms with Gasteiger partial charge in [-0.25, -0.2) is 4.98 Å². The molecule has 0 atom stereocenters. The third-order valence-electron chi connectivity index (χ3n) is 5.79. The van der Waals surface area contributed by atoms with Crippen molar-refractivity contribution in [3.63, 3.8) is 0 Å². The monoisotopic (exact) mass is 498 g/mol. The Bertz CT molecular complexity index is 1550. The molecule has 8 heteroatoms. The normalized spacial score (nSPS) is 10.9. The molecule has 5 aromatic rings. The largest absolute Gasteiger partial charge is 0.493 e. The van der Waals surface area contributed by atoms with E-state index in [1.807, 2.05) is 66.7 Å². The van der Waals surface area contributed by atoms with E-state index < -0.39 is 0 Å². The van der Waals surface area contributed by atoms with E-state index in [9.17, 15) is 4.79 Å². The lowest BCUT2D eigenvalue weighted by atomic mass is 10.0. The maximum atomic E-state index is 13.4. The van der Waals surface area contributed by atoms with Gasteiger partial charge in [0.1, 0.15) is 0 Å². The van der Waals surface area contributed by atoms with Crippen molar-refractivity contribution in [1.82, 2.24) is 14.8 Å². The van der Waals surface area contributed by atoms with Crippen LogP contribution in [0.25, 0.3) is 22.2 Å². The van der Waals surface area contributed by atoms with Crippen LogP contribution in [0.3, 0.4) is 0 Å². The molecule has 0 aliphatic carbocycles. The number of hydrogen-bond acceptors (Lipinski definition) is 5. The first-order valence-electron chi connectivity index (χ1n) is 11.2. The second-order valence-corrected chi connectivity index (χ2v) is 8.59. The van der Waals surface area contributed by atoms with Gasteiger partial charge >= 0.3 is 0 Å². The highest BCUT2D eigenvalue weighted by Gasteiger charge is 2.16. The number of amides is 1. The zero-order valence-corrected chi connectivity index (χ0v) is 20.5. The molecule has 0 fully saturated rings. The number of methoxy groups -OCH3 is 2. The number of ether oxygens (including phenoxy) is 2. The fourth-order valence-electron chi connectivity index (χ4n) is 4.00. The van der Waals surface area contributed by atoms with Crippen molar-refractivity contribution in [2.45, 2.75) is 6.54 Å². The number of aromatic nitrogens is 3. The number of pyridine rings is 1. The zero-order valence-electron chi connectivity index (χ0n) is 19.7. The van der Waals surface area contributed by atoms with E-state index in [1.54, 1.807) is 37.4 Å². The summed E-state index contributed by atoms with van der Waals surface area (Å²) in [6.45, 7) is 0.564. The van der Waals surface area contributed by atoms with Crippen molar-refractivity contribution in [1.29, 1.82) is 0 Å². The molecule has 1 N–H and O–H groups in total. The lowest BCUT2D eigenvalue weighted by Gasteiger charge is -2.12. The fourth-order valence-corrected chi connectivity index (χ4v) is 4.12. The quantitative estimate of drug-likeness (QED) is 0.294. The Morgan fingerprint density at radius 1 is 0.972 bits per heavy atom. The summed E-state index contributed by atoms with van der Waals surface area (Å²) in [5.74, 6) is 0.959. The molecular weight excluding hydrogens is 476 g/mol. The number of fused-ring (bicyclic) bond motifs is 1. The van der Waals surface area contributed by atoms with Crippen LogP contribution in [0.1, 0.15) is 15.9 Å². The Balaban J connectivity index is 1.45. The third kappa shape index (κ3) is 4.87. The number of rotatable bonds is 7. The number of carbonyl (C=O) groups is 1. The summed E-state index contributed by atoms with van der Waals surface area (Å²) in [5, 5.41) is 8.79. The summed E-state index contributed by atoms with van der Waals surface area (Å²) < 4.78 is 12.6. The van der Waals surface area contributed by atoms with Crippen LogP contribution in [0, 0.1) is 0 Å². The summed E-state index contributed by atoms with van der Waals surface area (Å²) in [7, 11) is 3.17. The van der Waals surface area contributed by atoms with Crippen LogP contribution >= 0.6 is 11.6 Å². The van der Waals surface area contributed by atoms with Gasteiger partial charge in [0.25, 0.3) is 5.91 Å². The second-order valence-electron chi connectivity index (χ2n) is 8.15. The highest BCUT2D eigenvalue weighted by molar-refractivity contribution is 6.30. The maximum absolute atomic E-state index is 13.4. The lowest BCUT2D eigenvalue weighted by Crippen LogP contribution is -2.12. The standard InChI is InChI=1S/C28H23ClN4O3/c1-35-26-12-9-19(13-27(26)36-2)25-14-23(22-5-3-4-6-24(22)32-25)28(34)31-21-15-30-33(17-21)16-18-7-10-20(29)11-8-18/h3-15,17H,16H2,1-2H3,(H,31,34). The third-order valence-corrected chi connectivity index (χ3v) is 6.04. The molecule has 0 aliphatic heterocycles. The molecule has 7 nitrogen and oxygen atoms in total. The molecule has 1 amide bonds. The highest BCUT2D eigenvalue weighted by atomic mass is 35.5. The van der Waals surface area contributed by atoms with Gasteiger partial charge in [0, 0.05) is 22.2 Å². The maximum Gasteiger partial charge on any atom is 0.256 e. The van der Waals surface area contributed by atoms with Crippen molar-refractivity contribution < 1.29 is 14.3 Å². The van der Waals surface area contributed by atoms with Crippen molar-refractivity contribution in [2.24, 2.45) is 0 Å². The van der Waals surface area contributed by atoms with E-state index in [0.29, 0.717) is 45.5 Å². The molecule has 5 rings (SSSR count). The number of anilines is 1. The molecule has 180 valence electrons. The van der Waals surface area contributed by atoms with E-state index in [1.165, 1.54) is 0 Å². The number of halogens is 1. The fraction of sp³-hybridized carbons (Fsp3) is 0.107. The molecule has 2 heterocycles. The lowest BCUT2D eigenvalue weighted by molar-refractivity contribution is 0.102. The Kier molecular flexibility index (Phi) is 6.56. The molecule has 0 saturated carbocycles. The first kappa shape index (κ1) is 23.4. The van der Waals surface area contributed by atoms with Crippen LogP contribution in [0.2, 0.25) is 5.02 Å². The van der Waals surface area contributed by atoms with Gasteiger partial charge in [0.15, 0.2) is 11.5 Å². The van der Waals surface area contributed by atoms with Gasteiger partial charge in [-0.05, 0) is 48.0 Å². The van der Waals surface area contributed by atoms with Crippen LogP contribution < -0.4 is 14.8 Å². The first-order valence-corrected chi connectivity index (χ1v) is 11.6. The second kappa shape index (κ2) is 10.1. The van der Waals surface area contributed by atoms with Crippen molar-refractivity contribution >= 4 is 34.1 Å². The number of hydrogen-bond donors (Lipinski definition) is 1. The molecule has 0 unspecified atom stereocenters. The van der Waals surface area contributed by atoms with Crippen LogP contribution in [0.4, 0.5) is 5.69 Å². The Morgan fingerprint density at radius 2 is 1.75 bits per heavy atom. The molecule has 0 bridgehead atoms. The molecule has 0 saturated heterocycles. The van der Waals surface area contributed by atoms with Crippen molar-refractivity contribution in [3.05, 3.63) is 101 Å². The van der Waals surface area contributed by atoms with Gasteiger partial charge in [0.05, 0.1) is 49.4 Å². The van der Waals surface area contributed by atoms with Crippen molar-refractivity contribution in [2.75, 3.05) is 19.5 Å². The van der Waals surface area contributed by atoms with Gasteiger partial charge < -0.3 is 14.8 Å². The first-order chi connectivity index (χ1) is 17.5. The summed E-state index contributed by atoms with van der Waals surface area (Å²) >= 11 is 5.97. The van der Waals surface area contributed by atoms with E-state index >= 15 is 0 Å². The number of benzene rings is 3. The summed E-state index contributed by atoms with van der Waals surface area (Å²) in [5.41, 5.74) is 4.34. The molecule has 0 aliphatic rings. The van der Waals surface area contributed by atoms with Gasteiger partial charge in [-0.3, -0.25) is 9.48 Å². The predicted molar refractivity (Wildman–Crippen MR) is 141 cm³/mol. The van der Waals surface area contributed by atoms with Crippen LogP contribution in [-0.2, 0) is 6.54 Å². The molecule has 3 aromatic carbocycles. The SMILES string of the molecule is COc1ccc(-c2cc(C(=O)Nc3cnn(Cc4ccc(Cl)cc4)c3)c3ccccc3n2)cc1OC. The Morgan fingerprint density at radius 3 is 2.53 bits per heavy atom. The molecule has 36 heavy (non-hydrogen) atoms. The highest BCUT2D eigenvalue weighted by Crippen LogP contribution is 2.33. The topological polar surface area (TPSA) is 78.3 Å². The average Bonchev–Trinajstić information content (AvgIpc) is 3.35. The number of carbonyl (C=O) groups excluding carboxylic acids is 1. The van der Waals surface area contributed by atoms with E-state index in [0.717, 1.165) is 16.5 Å². The summed E-state index contributed by atoms with van der Waals surface area (Å²) in [6, 6.07) is 22.5. The smallest absolute Gasteiger partial charge is 0.256 e. The minimum atomic E-state index is -0.249. The Labute approximate surface area is 213 Å². The van der Waals surface area contributed by atoms with Crippen LogP contribution in [0.5, 0.6) is 11.5 Å². The average molecular weight is 499 g/mol. The minimum absolute atomic E-state index is 0.249. The van der Waals surface area contributed by atoms with Gasteiger partial charge in [-0.2, -0.15) is 5.10 Å². The van der Waals surface area contributed by atoms with Crippen LogP contribution in [0.15, 0.2) is 85.2 Å². The molecular formula is C28H23ClN4O3. The van der Waals surface area contributed by atoms with Gasteiger partial charge in [-0.1, -0.05) is 41.9 Å². The van der Waals surface area contributed by atoms with Crippen LogP contribution in [-0.4, -0.2) is 34.9 Å². The molecule has 0 radical (unpaired) electrons. The van der Waals surface area contributed by atoms with E-state index in [2.05, 4.69) is 10.4 Å². The summed E-state index contributed by atoms with van der Waals surface area (Å²) in [6.07, 6.45) is 3.43. The number of nitrogens with zero attached hydrogens (tertiary/aromatic N) is 3. The van der Waals surface area contributed by atoms with Gasteiger partial charge in [-0.15, -0.1) is 0 Å². The van der Waals surface area contributed by atoms with E-state index in [-0.39, 0.29) is 5.91 Å². The van der Waals surface area contributed by atoms with E-state index in [4.69, 9.17) is 26.1 Å². The molecule has 0 spiro atoms. The summed E-state index contributed by atoms with van der Waals surface area (Å²) in [4.78, 5) is 18.2. The number of nitrogens with one attached hydrogen (secondary N) is 1. The number of para-hydroxylation sites is 1. The van der Waals surface area contributed by atoms with Gasteiger partial charge in [0.2, 0.25) is 0 Å². The van der Waals surface area contributed by atoms with Crippen molar-refractivity contribution in [3.8, 4) is 22.8 Å². The Hall–Kier alpha value is -4.36. The molecule has 2 aromatic heterocycles. The predicted octanol–water partition coefficient (Wildman–Crippen LogP) is 6.07. The zero-order chi connectivity index (χ0) is 25.1.